The number of benzene rings is 2. The van der Waals surface area contributed by atoms with Crippen molar-refractivity contribution in [1.29, 1.82) is 0 Å². The summed E-state index contributed by atoms with van der Waals surface area (Å²) in [7, 11) is 0. The lowest BCUT2D eigenvalue weighted by atomic mass is 9.93. The second-order valence-electron chi connectivity index (χ2n) is 7.79. The van der Waals surface area contributed by atoms with E-state index >= 15 is 0 Å². The molecule has 174 valence electrons. The Labute approximate surface area is 181 Å². The van der Waals surface area contributed by atoms with E-state index in [-0.39, 0.29) is 35.2 Å². The maximum absolute atomic E-state index is 10.7. The molecule has 2 aliphatic heterocycles. The Kier molecular flexibility index (Phi) is 6.03. The van der Waals surface area contributed by atoms with Gasteiger partial charge in [0.1, 0.15) is 47.8 Å². The summed E-state index contributed by atoms with van der Waals surface area (Å²) in [6.45, 7) is -0.633. The molecule has 11 nitrogen and oxygen atoms in total. The van der Waals surface area contributed by atoms with Crippen LogP contribution in [0.5, 0.6) is 28.7 Å². The average molecular weight is 452 g/mol. The average Bonchev–Trinajstić information content (AvgIpc) is 2.76. The first-order valence-corrected chi connectivity index (χ1v) is 9.89. The third-order valence-corrected chi connectivity index (χ3v) is 5.59. The lowest BCUT2D eigenvalue weighted by molar-refractivity contribution is -0.277. The van der Waals surface area contributed by atoms with Crippen molar-refractivity contribution in [2.24, 2.45) is 0 Å². The fraction of sp³-hybridized carbons (Fsp3) is 0.429. The smallest absolute Gasteiger partial charge is 0.229 e. The molecule has 0 bridgehead atoms. The summed E-state index contributed by atoms with van der Waals surface area (Å²) in [5.74, 6) is -0.811. The standard InChI is InChI=1S/C21H24O11/c22-7-16-17(27)18(28)19(29)21(32-16)31-15-5-9(23)4-14-10(15)6-13(26)20(30-14)8-1-2-11(24)12(25)3-8/h1-5,13,16-29H,6-7H2/t13-,16+,17+,18-,19+,20-,21-/m0/s1. The van der Waals surface area contributed by atoms with Gasteiger partial charge in [0.15, 0.2) is 11.5 Å². The number of phenols is 3. The Morgan fingerprint density at radius 1 is 0.906 bits per heavy atom. The van der Waals surface area contributed by atoms with Gasteiger partial charge in [-0.3, -0.25) is 0 Å². The molecular formula is C21H24O11. The summed E-state index contributed by atoms with van der Waals surface area (Å²) in [6, 6.07) is 6.49. The van der Waals surface area contributed by atoms with Gasteiger partial charge in [0.05, 0.1) is 12.7 Å². The van der Waals surface area contributed by atoms with Crippen molar-refractivity contribution in [1.82, 2.24) is 0 Å². The fourth-order valence-electron chi connectivity index (χ4n) is 3.85. The Morgan fingerprint density at radius 3 is 2.34 bits per heavy atom. The Morgan fingerprint density at radius 2 is 1.66 bits per heavy atom. The summed E-state index contributed by atoms with van der Waals surface area (Å²) in [6.07, 6.45) is -9.56. The van der Waals surface area contributed by atoms with Crippen LogP contribution in [-0.4, -0.2) is 84.3 Å². The number of rotatable bonds is 4. The van der Waals surface area contributed by atoms with Gasteiger partial charge in [0.2, 0.25) is 6.29 Å². The van der Waals surface area contributed by atoms with Gasteiger partial charge in [-0.25, -0.2) is 0 Å². The molecule has 0 spiro atoms. The van der Waals surface area contributed by atoms with Gasteiger partial charge in [-0.05, 0) is 17.7 Å². The monoisotopic (exact) mass is 452 g/mol. The van der Waals surface area contributed by atoms with Gasteiger partial charge in [-0.15, -0.1) is 0 Å². The predicted octanol–water partition coefficient (Wildman–Crippen LogP) is -0.981. The molecule has 0 saturated carbocycles. The highest BCUT2D eigenvalue weighted by Gasteiger charge is 2.45. The van der Waals surface area contributed by atoms with Gasteiger partial charge in [-0.1, -0.05) is 6.07 Å². The van der Waals surface area contributed by atoms with Crippen LogP contribution < -0.4 is 9.47 Å². The lowest BCUT2D eigenvalue weighted by Crippen LogP contribution is -2.60. The molecule has 2 aromatic rings. The summed E-state index contributed by atoms with van der Waals surface area (Å²) in [4.78, 5) is 0. The molecule has 0 amide bonds. The molecule has 0 aliphatic carbocycles. The van der Waals surface area contributed by atoms with Crippen LogP contribution in [0.2, 0.25) is 0 Å². The molecular weight excluding hydrogens is 428 g/mol. The van der Waals surface area contributed by atoms with Crippen LogP contribution in [0.15, 0.2) is 30.3 Å². The van der Waals surface area contributed by atoms with E-state index in [1.807, 2.05) is 0 Å². The molecule has 32 heavy (non-hydrogen) atoms. The van der Waals surface area contributed by atoms with Crippen molar-refractivity contribution in [3.05, 3.63) is 41.5 Å². The number of ether oxygens (including phenoxy) is 3. The molecule has 7 atom stereocenters. The number of fused-ring (bicyclic) bond motifs is 1. The van der Waals surface area contributed by atoms with E-state index in [0.29, 0.717) is 11.1 Å². The first kappa shape index (κ1) is 22.4. The first-order valence-electron chi connectivity index (χ1n) is 9.89. The molecule has 4 rings (SSSR count). The Hall–Kier alpha value is -2.80. The highest BCUT2D eigenvalue weighted by molar-refractivity contribution is 5.52. The van der Waals surface area contributed by atoms with Crippen LogP contribution in [0.4, 0.5) is 0 Å². The van der Waals surface area contributed by atoms with Crippen LogP contribution in [0, 0.1) is 0 Å². The molecule has 1 saturated heterocycles. The second kappa shape index (κ2) is 8.62. The van der Waals surface area contributed by atoms with Gasteiger partial charge in [0, 0.05) is 24.1 Å². The van der Waals surface area contributed by atoms with Crippen LogP contribution in [0.3, 0.4) is 0 Å². The van der Waals surface area contributed by atoms with Crippen molar-refractivity contribution < 1.29 is 55.1 Å². The number of hydrogen-bond acceptors (Lipinski definition) is 11. The summed E-state index contributed by atoms with van der Waals surface area (Å²) in [5.41, 5.74) is 0.727. The van der Waals surface area contributed by atoms with E-state index in [2.05, 4.69) is 0 Å². The van der Waals surface area contributed by atoms with Crippen molar-refractivity contribution >= 4 is 0 Å². The van der Waals surface area contributed by atoms with Crippen LogP contribution >= 0.6 is 0 Å². The summed E-state index contributed by atoms with van der Waals surface area (Å²) >= 11 is 0. The Balaban J connectivity index is 1.62. The van der Waals surface area contributed by atoms with E-state index < -0.39 is 49.5 Å². The first-order chi connectivity index (χ1) is 15.2. The molecule has 2 heterocycles. The SMILES string of the molecule is OC[C@H]1O[C@H](Oc2cc(O)cc3c2C[C@H](O)[C@H](c2ccc(O)c(O)c2)O3)[C@H](O)[C@@H](O)[C@@H]1O. The maximum atomic E-state index is 10.7. The van der Waals surface area contributed by atoms with E-state index in [4.69, 9.17) is 14.2 Å². The second-order valence-corrected chi connectivity index (χ2v) is 7.79. The predicted molar refractivity (Wildman–Crippen MR) is 105 cm³/mol. The van der Waals surface area contributed by atoms with Crippen molar-refractivity contribution in [2.75, 3.05) is 6.61 Å². The van der Waals surface area contributed by atoms with E-state index in [9.17, 15) is 40.9 Å². The molecule has 0 radical (unpaired) electrons. The van der Waals surface area contributed by atoms with Crippen LogP contribution in [0.1, 0.15) is 17.2 Å². The number of aliphatic hydroxyl groups is 5. The number of hydrogen-bond donors (Lipinski definition) is 8. The zero-order valence-electron chi connectivity index (χ0n) is 16.6. The summed E-state index contributed by atoms with van der Waals surface area (Å²) in [5, 5.41) is 79.5. The van der Waals surface area contributed by atoms with Gasteiger partial charge < -0.3 is 55.1 Å². The minimum absolute atomic E-state index is 0.00428. The Bertz CT molecular complexity index is 978. The van der Waals surface area contributed by atoms with Crippen molar-refractivity contribution in [3.63, 3.8) is 0 Å². The number of aromatic hydroxyl groups is 3. The highest BCUT2D eigenvalue weighted by Crippen LogP contribution is 2.44. The quantitative estimate of drug-likeness (QED) is 0.266. The molecule has 0 aromatic heterocycles. The topological polar surface area (TPSA) is 190 Å². The van der Waals surface area contributed by atoms with Gasteiger partial charge in [-0.2, -0.15) is 0 Å². The van der Waals surface area contributed by atoms with Crippen molar-refractivity contribution in [3.8, 4) is 28.7 Å². The van der Waals surface area contributed by atoms with Gasteiger partial charge >= 0.3 is 0 Å². The molecule has 8 N–H and O–H groups in total. The number of aliphatic hydroxyl groups excluding tert-OH is 5. The van der Waals surface area contributed by atoms with E-state index in [1.54, 1.807) is 0 Å². The van der Waals surface area contributed by atoms with Crippen molar-refractivity contribution in [2.45, 2.75) is 49.3 Å². The molecule has 2 aromatic carbocycles. The zero-order valence-corrected chi connectivity index (χ0v) is 16.6. The largest absolute Gasteiger partial charge is 0.508 e. The highest BCUT2D eigenvalue weighted by atomic mass is 16.7. The molecule has 1 fully saturated rings. The minimum Gasteiger partial charge on any atom is -0.508 e. The van der Waals surface area contributed by atoms with Crippen LogP contribution in [-0.2, 0) is 11.2 Å². The van der Waals surface area contributed by atoms with E-state index in [1.165, 1.54) is 30.3 Å². The third kappa shape index (κ3) is 4.01. The molecule has 0 unspecified atom stereocenters. The normalized spacial score (nSPS) is 32.1. The molecule has 2 aliphatic rings. The summed E-state index contributed by atoms with van der Waals surface area (Å²) < 4.78 is 16.8. The number of phenolic OH excluding ortho intramolecular Hbond substituents is 3. The maximum Gasteiger partial charge on any atom is 0.229 e. The zero-order chi connectivity index (χ0) is 23.2. The minimum atomic E-state index is -1.66. The molecule has 11 heteroatoms. The third-order valence-electron chi connectivity index (χ3n) is 5.59. The van der Waals surface area contributed by atoms with Crippen LogP contribution in [0.25, 0.3) is 0 Å². The van der Waals surface area contributed by atoms with Gasteiger partial charge in [0.25, 0.3) is 0 Å². The lowest BCUT2D eigenvalue weighted by Gasteiger charge is -2.40. The fourth-order valence-corrected chi connectivity index (χ4v) is 3.85. The van der Waals surface area contributed by atoms with E-state index in [0.717, 1.165) is 0 Å².